The largest absolute Gasteiger partial charge is 0.234 e. The number of hydrogen-bond acceptors (Lipinski definition) is 1. The fourth-order valence-corrected chi connectivity index (χ4v) is 2.51. The quantitative estimate of drug-likeness (QED) is 0.623. The van der Waals surface area contributed by atoms with Crippen LogP contribution in [-0.4, -0.2) is 5.94 Å². The van der Waals surface area contributed by atoms with Crippen molar-refractivity contribution in [1.29, 1.82) is 0 Å². The van der Waals surface area contributed by atoms with E-state index < -0.39 is 0 Å². The third kappa shape index (κ3) is 2.99. The maximum atomic E-state index is 10.8. The third-order valence-electron chi connectivity index (χ3n) is 3.51. The van der Waals surface area contributed by atoms with Gasteiger partial charge in [-0.25, -0.2) is 4.79 Å². The van der Waals surface area contributed by atoms with Crippen LogP contribution in [0, 0.1) is 11.8 Å². The Morgan fingerprint density at radius 3 is 2.71 bits per heavy atom. The molecule has 14 heavy (non-hydrogen) atoms. The lowest BCUT2D eigenvalue weighted by Gasteiger charge is -2.28. The molecule has 1 saturated carbocycles. The van der Waals surface area contributed by atoms with Crippen molar-refractivity contribution in [3.05, 3.63) is 5.57 Å². The molecule has 1 heteroatoms. The molecule has 80 valence electrons. The Hall–Kier alpha value is -0.550. The van der Waals surface area contributed by atoms with Gasteiger partial charge in [-0.2, -0.15) is 0 Å². The lowest BCUT2D eigenvalue weighted by molar-refractivity contribution is 0.323. The van der Waals surface area contributed by atoms with Crippen LogP contribution < -0.4 is 0 Å². The average molecular weight is 194 g/mol. The van der Waals surface area contributed by atoms with Crippen LogP contribution in [0.1, 0.15) is 58.8 Å². The van der Waals surface area contributed by atoms with Gasteiger partial charge in [0.1, 0.15) is 5.94 Å². The molecule has 0 radical (unpaired) electrons. The zero-order chi connectivity index (χ0) is 10.4. The Kier molecular flexibility index (Phi) is 4.97. The molecule has 1 aliphatic carbocycles. The Morgan fingerprint density at radius 2 is 2.14 bits per heavy atom. The summed E-state index contributed by atoms with van der Waals surface area (Å²) in [7, 11) is 0. The molecule has 0 bridgehead atoms. The van der Waals surface area contributed by atoms with E-state index in [0.717, 1.165) is 24.3 Å². The summed E-state index contributed by atoms with van der Waals surface area (Å²) in [6, 6.07) is 0. The van der Waals surface area contributed by atoms with Crippen molar-refractivity contribution < 1.29 is 4.79 Å². The molecule has 2 unspecified atom stereocenters. The molecule has 0 aromatic carbocycles. The van der Waals surface area contributed by atoms with Gasteiger partial charge >= 0.3 is 0 Å². The van der Waals surface area contributed by atoms with E-state index in [-0.39, 0.29) is 0 Å². The molecule has 0 spiro atoms. The minimum Gasteiger partial charge on any atom is -0.234 e. The van der Waals surface area contributed by atoms with Crippen LogP contribution in [-0.2, 0) is 4.79 Å². The summed E-state index contributed by atoms with van der Waals surface area (Å²) in [6.45, 7) is 4.41. The fourth-order valence-electron chi connectivity index (χ4n) is 2.51. The Balaban J connectivity index is 2.45. The fraction of sp³-hybridized carbons (Fsp3) is 0.846. The molecule has 1 nitrogen and oxygen atoms in total. The maximum Gasteiger partial charge on any atom is 0.123 e. The van der Waals surface area contributed by atoms with E-state index in [2.05, 4.69) is 19.8 Å². The SMILES string of the molecule is CCCCC1CCC(CC)C(=C=O)C1. The highest BCUT2D eigenvalue weighted by Crippen LogP contribution is 2.35. The van der Waals surface area contributed by atoms with Gasteiger partial charge in [0.05, 0.1) is 0 Å². The van der Waals surface area contributed by atoms with Crippen LogP contribution in [0.3, 0.4) is 0 Å². The average Bonchev–Trinajstić information content (AvgIpc) is 2.25. The predicted molar refractivity (Wildman–Crippen MR) is 59.9 cm³/mol. The van der Waals surface area contributed by atoms with Crippen LogP contribution in [0.2, 0.25) is 0 Å². The predicted octanol–water partition coefficient (Wildman–Crippen LogP) is 3.76. The second kappa shape index (κ2) is 6.03. The smallest absolute Gasteiger partial charge is 0.123 e. The molecule has 0 N–H and O–H groups in total. The van der Waals surface area contributed by atoms with Gasteiger partial charge in [-0.15, -0.1) is 0 Å². The van der Waals surface area contributed by atoms with Crippen LogP contribution in [0.15, 0.2) is 5.57 Å². The van der Waals surface area contributed by atoms with Crippen LogP contribution >= 0.6 is 0 Å². The first-order valence-corrected chi connectivity index (χ1v) is 6.05. The van der Waals surface area contributed by atoms with Gasteiger partial charge in [0.25, 0.3) is 0 Å². The molecule has 1 aliphatic rings. The zero-order valence-electron chi connectivity index (χ0n) is 9.51. The minimum atomic E-state index is 0.547. The maximum absolute atomic E-state index is 10.8. The van der Waals surface area contributed by atoms with Gasteiger partial charge in [0.2, 0.25) is 0 Å². The minimum absolute atomic E-state index is 0.547. The molecule has 0 aliphatic heterocycles. The number of carbonyl (C=O) groups excluding carboxylic acids is 1. The van der Waals surface area contributed by atoms with E-state index in [9.17, 15) is 4.79 Å². The van der Waals surface area contributed by atoms with Gasteiger partial charge in [0, 0.05) is 5.57 Å². The molecule has 1 fully saturated rings. The Labute approximate surface area is 87.6 Å². The summed E-state index contributed by atoms with van der Waals surface area (Å²) in [6.07, 6.45) is 8.58. The highest BCUT2D eigenvalue weighted by Gasteiger charge is 2.24. The first-order chi connectivity index (χ1) is 6.81. The summed E-state index contributed by atoms with van der Waals surface area (Å²) in [4.78, 5) is 10.8. The van der Waals surface area contributed by atoms with Crippen LogP contribution in [0.5, 0.6) is 0 Å². The number of rotatable bonds is 4. The summed E-state index contributed by atoms with van der Waals surface area (Å²) >= 11 is 0. The highest BCUT2D eigenvalue weighted by molar-refractivity contribution is 5.53. The van der Waals surface area contributed by atoms with Crippen molar-refractivity contribution in [3.8, 4) is 0 Å². The van der Waals surface area contributed by atoms with Crippen molar-refractivity contribution >= 4 is 5.94 Å². The molecule has 0 amide bonds. The van der Waals surface area contributed by atoms with Crippen LogP contribution in [0.4, 0.5) is 0 Å². The summed E-state index contributed by atoms with van der Waals surface area (Å²) < 4.78 is 0. The standard InChI is InChI=1S/C13H22O/c1-3-5-6-11-7-8-12(4-2)13(9-11)10-14/h11-12H,3-9H2,1-2H3. The van der Waals surface area contributed by atoms with E-state index in [0.29, 0.717) is 5.92 Å². The van der Waals surface area contributed by atoms with Crippen molar-refractivity contribution in [3.63, 3.8) is 0 Å². The zero-order valence-corrected chi connectivity index (χ0v) is 9.51. The molecule has 0 aromatic heterocycles. The second-order valence-electron chi connectivity index (χ2n) is 4.52. The van der Waals surface area contributed by atoms with Gasteiger partial charge in [-0.05, 0) is 37.5 Å². The molecule has 1 rings (SSSR count). The normalized spacial score (nSPS) is 27.4. The molecular formula is C13H22O. The van der Waals surface area contributed by atoms with Crippen LogP contribution in [0.25, 0.3) is 0 Å². The number of unbranched alkanes of at least 4 members (excludes halogenated alkanes) is 1. The molecular weight excluding hydrogens is 172 g/mol. The van der Waals surface area contributed by atoms with Crippen molar-refractivity contribution in [2.45, 2.75) is 58.8 Å². The van der Waals surface area contributed by atoms with E-state index in [1.54, 1.807) is 0 Å². The summed E-state index contributed by atoms with van der Waals surface area (Å²) in [5.74, 6) is 3.50. The topological polar surface area (TPSA) is 17.1 Å². The lowest BCUT2D eigenvalue weighted by Crippen LogP contribution is -2.17. The number of allylic oxidation sites excluding steroid dienone is 1. The summed E-state index contributed by atoms with van der Waals surface area (Å²) in [5.41, 5.74) is 1.07. The van der Waals surface area contributed by atoms with E-state index in [1.807, 2.05) is 0 Å². The highest BCUT2D eigenvalue weighted by atomic mass is 16.1. The molecule has 0 aromatic rings. The van der Waals surface area contributed by atoms with Crippen molar-refractivity contribution in [2.24, 2.45) is 11.8 Å². The lowest BCUT2D eigenvalue weighted by atomic mass is 9.76. The van der Waals surface area contributed by atoms with E-state index >= 15 is 0 Å². The monoisotopic (exact) mass is 194 g/mol. The second-order valence-corrected chi connectivity index (χ2v) is 4.52. The molecule has 0 saturated heterocycles. The van der Waals surface area contributed by atoms with E-state index in [4.69, 9.17) is 0 Å². The Bertz CT molecular complexity index is 213. The van der Waals surface area contributed by atoms with Gasteiger partial charge in [-0.3, -0.25) is 0 Å². The molecule has 0 heterocycles. The first kappa shape index (κ1) is 11.5. The number of hydrogen-bond donors (Lipinski definition) is 0. The van der Waals surface area contributed by atoms with Gasteiger partial charge in [0.15, 0.2) is 0 Å². The molecule has 2 atom stereocenters. The van der Waals surface area contributed by atoms with E-state index in [1.165, 1.54) is 32.1 Å². The first-order valence-electron chi connectivity index (χ1n) is 6.05. The Morgan fingerprint density at radius 1 is 1.36 bits per heavy atom. The summed E-state index contributed by atoms with van der Waals surface area (Å²) in [5, 5.41) is 0. The van der Waals surface area contributed by atoms with Gasteiger partial charge in [-0.1, -0.05) is 33.1 Å². The van der Waals surface area contributed by atoms with Crippen molar-refractivity contribution in [2.75, 3.05) is 0 Å². The third-order valence-corrected chi connectivity index (χ3v) is 3.51. The van der Waals surface area contributed by atoms with Crippen molar-refractivity contribution in [1.82, 2.24) is 0 Å². The van der Waals surface area contributed by atoms with Gasteiger partial charge < -0.3 is 0 Å².